The molecule has 0 unspecified atom stereocenters. The van der Waals surface area contributed by atoms with Gasteiger partial charge in [-0.15, -0.1) is 0 Å². The van der Waals surface area contributed by atoms with E-state index in [1.807, 2.05) is 25.1 Å². The number of nitrogens with zero attached hydrogens (tertiary/aromatic N) is 2. The molecule has 0 aliphatic carbocycles. The molecule has 3 N–H and O–H groups in total. The number of anilines is 2. The highest BCUT2D eigenvalue weighted by atomic mass is 79.9. The SMILES string of the molecule is Cc1cccnc1CNc1ncc(Br)cc1N. The molecule has 0 saturated carbocycles. The number of nitrogens with two attached hydrogens (primary N) is 1. The van der Waals surface area contributed by atoms with E-state index in [1.165, 1.54) is 0 Å². The highest BCUT2D eigenvalue weighted by Crippen LogP contribution is 2.20. The maximum atomic E-state index is 5.85. The third kappa shape index (κ3) is 2.94. The maximum Gasteiger partial charge on any atom is 0.149 e. The van der Waals surface area contributed by atoms with Gasteiger partial charge in [-0.05, 0) is 40.5 Å². The Bertz CT molecular complexity index is 528. The van der Waals surface area contributed by atoms with Crippen LogP contribution in [0.4, 0.5) is 11.5 Å². The zero-order valence-corrected chi connectivity index (χ0v) is 11.0. The number of nitrogen functional groups attached to an aromatic ring is 1. The number of halogens is 1. The summed E-state index contributed by atoms with van der Waals surface area (Å²) in [6, 6.07) is 5.77. The minimum absolute atomic E-state index is 0.617. The summed E-state index contributed by atoms with van der Waals surface area (Å²) < 4.78 is 0.870. The van der Waals surface area contributed by atoms with Crippen LogP contribution in [0.1, 0.15) is 11.3 Å². The Morgan fingerprint density at radius 3 is 2.94 bits per heavy atom. The van der Waals surface area contributed by atoms with Gasteiger partial charge >= 0.3 is 0 Å². The first-order valence-corrected chi connectivity index (χ1v) is 6.01. The first-order chi connectivity index (χ1) is 8.16. The average Bonchev–Trinajstić information content (AvgIpc) is 2.30. The van der Waals surface area contributed by atoms with Gasteiger partial charge in [0.1, 0.15) is 5.82 Å². The molecule has 2 heterocycles. The van der Waals surface area contributed by atoms with E-state index in [0.717, 1.165) is 15.7 Å². The molecule has 0 amide bonds. The summed E-state index contributed by atoms with van der Waals surface area (Å²) in [6.45, 7) is 2.65. The summed E-state index contributed by atoms with van der Waals surface area (Å²) >= 11 is 3.32. The Morgan fingerprint density at radius 2 is 2.24 bits per heavy atom. The van der Waals surface area contributed by atoms with Crippen molar-refractivity contribution in [3.05, 3.63) is 46.3 Å². The number of hydrogen-bond acceptors (Lipinski definition) is 4. The van der Waals surface area contributed by atoms with Crippen LogP contribution in [0.3, 0.4) is 0 Å². The fourth-order valence-corrected chi connectivity index (χ4v) is 1.82. The van der Waals surface area contributed by atoms with Gasteiger partial charge in [0, 0.05) is 16.9 Å². The van der Waals surface area contributed by atoms with Crippen molar-refractivity contribution >= 4 is 27.4 Å². The van der Waals surface area contributed by atoms with Crippen LogP contribution in [0, 0.1) is 6.92 Å². The minimum Gasteiger partial charge on any atom is -0.396 e. The van der Waals surface area contributed by atoms with Crippen LogP contribution < -0.4 is 11.1 Å². The second-order valence-corrected chi connectivity index (χ2v) is 4.63. The second kappa shape index (κ2) is 5.14. The lowest BCUT2D eigenvalue weighted by molar-refractivity contribution is 1.01. The van der Waals surface area contributed by atoms with Gasteiger partial charge < -0.3 is 11.1 Å². The predicted molar refractivity (Wildman–Crippen MR) is 72.7 cm³/mol. The summed E-state index contributed by atoms with van der Waals surface area (Å²) in [7, 11) is 0. The van der Waals surface area contributed by atoms with Crippen molar-refractivity contribution < 1.29 is 0 Å². The molecule has 4 nitrogen and oxygen atoms in total. The van der Waals surface area contributed by atoms with Crippen molar-refractivity contribution in [2.45, 2.75) is 13.5 Å². The highest BCUT2D eigenvalue weighted by molar-refractivity contribution is 9.10. The summed E-state index contributed by atoms with van der Waals surface area (Å²) in [5.74, 6) is 0.679. The quantitative estimate of drug-likeness (QED) is 0.913. The summed E-state index contributed by atoms with van der Waals surface area (Å²) in [6.07, 6.45) is 3.49. The van der Waals surface area contributed by atoms with Crippen molar-refractivity contribution in [2.24, 2.45) is 0 Å². The van der Waals surface area contributed by atoms with E-state index in [-0.39, 0.29) is 0 Å². The topological polar surface area (TPSA) is 63.8 Å². The maximum absolute atomic E-state index is 5.85. The molecule has 17 heavy (non-hydrogen) atoms. The molecule has 2 rings (SSSR count). The van der Waals surface area contributed by atoms with E-state index < -0.39 is 0 Å². The number of rotatable bonds is 3. The smallest absolute Gasteiger partial charge is 0.149 e. The van der Waals surface area contributed by atoms with Gasteiger partial charge in [0.2, 0.25) is 0 Å². The van der Waals surface area contributed by atoms with Crippen LogP contribution in [0.5, 0.6) is 0 Å². The van der Waals surface area contributed by atoms with Gasteiger partial charge in [-0.25, -0.2) is 4.98 Å². The fourth-order valence-electron chi connectivity index (χ4n) is 1.47. The Kier molecular flexibility index (Phi) is 3.58. The average molecular weight is 293 g/mol. The monoisotopic (exact) mass is 292 g/mol. The Labute approximate surface area is 108 Å². The molecule has 88 valence electrons. The first-order valence-electron chi connectivity index (χ1n) is 5.22. The lowest BCUT2D eigenvalue weighted by Gasteiger charge is -2.09. The molecule has 5 heteroatoms. The molecule has 0 atom stereocenters. The van der Waals surface area contributed by atoms with Crippen molar-refractivity contribution in [1.29, 1.82) is 0 Å². The molecule has 0 aromatic carbocycles. The molecule has 0 aliphatic heterocycles. The molecule has 0 radical (unpaired) electrons. The Morgan fingerprint density at radius 1 is 1.41 bits per heavy atom. The normalized spacial score (nSPS) is 10.2. The zero-order chi connectivity index (χ0) is 12.3. The lowest BCUT2D eigenvalue weighted by atomic mass is 10.2. The van der Waals surface area contributed by atoms with E-state index in [9.17, 15) is 0 Å². The summed E-state index contributed by atoms with van der Waals surface area (Å²) in [5, 5.41) is 3.18. The number of pyridine rings is 2. The molecule has 0 aliphatic rings. The van der Waals surface area contributed by atoms with Crippen LogP contribution >= 0.6 is 15.9 Å². The second-order valence-electron chi connectivity index (χ2n) is 3.71. The lowest BCUT2D eigenvalue weighted by Crippen LogP contribution is -2.06. The minimum atomic E-state index is 0.617. The van der Waals surface area contributed by atoms with E-state index in [4.69, 9.17) is 5.73 Å². The first kappa shape index (κ1) is 11.9. The van der Waals surface area contributed by atoms with Crippen LogP contribution in [0.2, 0.25) is 0 Å². The fraction of sp³-hybridized carbons (Fsp3) is 0.167. The van der Waals surface area contributed by atoms with Crippen LogP contribution in [0.15, 0.2) is 35.1 Å². The van der Waals surface area contributed by atoms with Crippen LogP contribution in [0.25, 0.3) is 0 Å². The van der Waals surface area contributed by atoms with E-state index in [0.29, 0.717) is 18.1 Å². The predicted octanol–water partition coefficient (Wildman–Crippen LogP) is 2.74. The largest absolute Gasteiger partial charge is 0.396 e. The summed E-state index contributed by atoms with van der Waals surface area (Å²) in [5.41, 5.74) is 8.61. The van der Waals surface area contributed by atoms with E-state index in [1.54, 1.807) is 12.4 Å². The van der Waals surface area contributed by atoms with Crippen molar-refractivity contribution in [3.8, 4) is 0 Å². The van der Waals surface area contributed by atoms with Gasteiger partial charge in [-0.1, -0.05) is 6.07 Å². The number of aromatic nitrogens is 2. The van der Waals surface area contributed by atoms with Gasteiger partial charge in [-0.3, -0.25) is 4.98 Å². The molecule has 2 aromatic rings. The standard InChI is InChI=1S/C12H13BrN4/c1-8-3-2-4-15-11(8)7-17-12-10(14)5-9(13)6-16-12/h2-6H,7,14H2,1H3,(H,16,17). The number of hydrogen-bond donors (Lipinski definition) is 2. The molecular weight excluding hydrogens is 280 g/mol. The van der Waals surface area contributed by atoms with Gasteiger partial charge in [0.25, 0.3) is 0 Å². The third-order valence-electron chi connectivity index (χ3n) is 2.42. The highest BCUT2D eigenvalue weighted by Gasteiger charge is 2.03. The van der Waals surface area contributed by atoms with Gasteiger partial charge in [-0.2, -0.15) is 0 Å². The van der Waals surface area contributed by atoms with E-state index >= 15 is 0 Å². The van der Waals surface area contributed by atoms with Crippen molar-refractivity contribution in [2.75, 3.05) is 11.1 Å². The molecule has 2 aromatic heterocycles. The van der Waals surface area contributed by atoms with Gasteiger partial charge in [0.15, 0.2) is 0 Å². The number of aryl methyl sites for hydroxylation is 1. The van der Waals surface area contributed by atoms with Crippen LogP contribution in [-0.2, 0) is 6.54 Å². The third-order valence-corrected chi connectivity index (χ3v) is 2.86. The Hall–Kier alpha value is -1.62. The van der Waals surface area contributed by atoms with E-state index in [2.05, 4.69) is 31.2 Å². The summed E-state index contributed by atoms with van der Waals surface area (Å²) in [4.78, 5) is 8.51. The number of nitrogens with one attached hydrogen (secondary N) is 1. The zero-order valence-electron chi connectivity index (χ0n) is 9.44. The molecule has 0 saturated heterocycles. The Balaban J connectivity index is 2.10. The molecule has 0 spiro atoms. The molecular formula is C12H13BrN4. The molecule has 0 fully saturated rings. The van der Waals surface area contributed by atoms with Crippen LogP contribution in [-0.4, -0.2) is 9.97 Å². The van der Waals surface area contributed by atoms with Crippen molar-refractivity contribution in [3.63, 3.8) is 0 Å². The molecule has 0 bridgehead atoms. The van der Waals surface area contributed by atoms with Crippen molar-refractivity contribution in [1.82, 2.24) is 9.97 Å². The van der Waals surface area contributed by atoms with Gasteiger partial charge in [0.05, 0.1) is 17.9 Å².